The summed E-state index contributed by atoms with van der Waals surface area (Å²) in [4.78, 5) is 5.35. The van der Waals surface area contributed by atoms with Gasteiger partial charge in [0.15, 0.2) is 0 Å². The zero-order chi connectivity index (χ0) is 15.9. The summed E-state index contributed by atoms with van der Waals surface area (Å²) >= 11 is 0. The minimum absolute atomic E-state index is 0.133. The minimum Gasteiger partial charge on any atom is -0.417 e. The zero-order valence-electron chi connectivity index (χ0n) is 12.9. The molecule has 22 heavy (non-hydrogen) atoms. The predicted molar refractivity (Wildman–Crippen MR) is 82.1 cm³/mol. The number of aromatic nitrogens is 1. The molecule has 0 radical (unpaired) electrons. The second-order valence-electron chi connectivity index (χ2n) is 5.97. The smallest absolute Gasteiger partial charge is 0.127 e. The van der Waals surface area contributed by atoms with Crippen LogP contribution in [0.25, 0.3) is 10.9 Å². The van der Waals surface area contributed by atoms with Crippen LogP contribution in [0.2, 0.25) is 0 Å². The van der Waals surface area contributed by atoms with E-state index in [-0.39, 0.29) is 12.5 Å². The molecule has 0 unspecified atom stereocenters. The van der Waals surface area contributed by atoms with Gasteiger partial charge in [-0.1, -0.05) is 23.4 Å². The molecule has 1 aliphatic rings. The molecule has 6 nitrogen and oxygen atoms in total. The van der Waals surface area contributed by atoms with E-state index in [2.05, 4.69) is 5.16 Å². The lowest BCUT2D eigenvalue weighted by molar-refractivity contribution is -0.0392. The molecule has 3 rings (SSSR count). The molecule has 2 heterocycles. The summed E-state index contributed by atoms with van der Waals surface area (Å²) < 4.78 is 7.74. The third-order valence-corrected chi connectivity index (χ3v) is 4.37. The predicted octanol–water partition coefficient (Wildman–Crippen LogP) is 1.99. The second kappa shape index (κ2) is 5.30. The third-order valence-electron chi connectivity index (χ3n) is 4.37. The first-order valence-corrected chi connectivity index (χ1v) is 7.18. The molecule has 6 heteroatoms. The molecule has 118 valence electrons. The summed E-state index contributed by atoms with van der Waals surface area (Å²) in [6, 6.07) is 7.78. The Morgan fingerprint density at radius 3 is 2.73 bits per heavy atom. The van der Waals surface area contributed by atoms with E-state index in [9.17, 15) is 10.3 Å². The van der Waals surface area contributed by atoms with E-state index in [1.807, 2.05) is 44.3 Å². The summed E-state index contributed by atoms with van der Waals surface area (Å²) in [7, 11) is 1.59. The van der Waals surface area contributed by atoms with Crippen LogP contribution in [0.1, 0.15) is 25.5 Å². The highest BCUT2D eigenvalue weighted by Crippen LogP contribution is 2.43. The van der Waals surface area contributed by atoms with Crippen molar-refractivity contribution >= 4 is 16.6 Å². The number of hydrogen-bond donors (Lipinski definition) is 2. The SMILES string of the molecule is COn1cc([C@@H]2OC(C)(C)[C@@H](CO)/C2=N\O)c2ccccc21. The van der Waals surface area contributed by atoms with Crippen molar-refractivity contribution in [3.63, 3.8) is 0 Å². The van der Waals surface area contributed by atoms with E-state index in [0.717, 1.165) is 16.5 Å². The Hall–Kier alpha value is -2.05. The molecular weight excluding hydrogens is 284 g/mol. The average molecular weight is 304 g/mol. The maximum Gasteiger partial charge on any atom is 0.127 e. The normalized spacial score (nSPS) is 25.9. The number of aliphatic hydroxyl groups excluding tert-OH is 1. The van der Waals surface area contributed by atoms with Crippen LogP contribution in [0, 0.1) is 5.92 Å². The van der Waals surface area contributed by atoms with Gasteiger partial charge in [-0.15, -0.1) is 0 Å². The molecule has 1 aliphatic heterocycles. The molecular formula is C16H20N2O4. The molecule has 0 amide bonds. The van der Waals surface area contributed by atoms with Crippen LogP contribution < -0.4 is 4.84 Å². The van der Waals surface area contributed by atoms with Crippen LogP contribution in [0.4, 0.5) is 0 Å². The largest absolute Gasteiger partial charge is 0.417 e. The highest BCUT2D eigenvalue weighted by atomic mass is 16.6. The lowest BCUT2D eigenvalue weighted by atomic mass is 9.88. The van der Waals surface area contributed by atoms with E-state index >= 15 is 0 Å². The Bertz CT molecular complexity index is 720. The van der Waals surface area contributed by atoms with Gasteiger partial charge in [0.1, 0.15) is 13.2 Å². The fourth-order valence-electron chi connectivity index (χ4n) is 3.18. The monoisotopic (exact) mass is 304 g/mol. The van der Waals surface area contributed by atoms with Crippen molar-refractivity contribution in [1.82, 2.24) is 4.73 Å². The standard InChI is InChI=1S/C16H20N2O4/c1-16(2)12(9-19)14(17-20)15(22-16)11-8-18(21-3)13-7-5-4-6-10(11)13/h4-8,12,15,19-20H,9H2,1-3H3/b17-14+/t12-,15-/m0/s1. The maximum absolute atomic E-state index is 9.63. The number of rotatable bonds is 3. The van der Waals surface area contributed by atoms with Crippen LogP contribution in [-0.2, 0) is 4.74 Å². The van der Waals surface area contributed by atoms with Gasteiger partial charge in [-0.3, -0.25) is 0 Å². The summed E-state index contributed by atoms with van der Waals surface area (Å²) in [5.74, 6) is -0.354. The van der Waals surface area contributed by atoms with Crippen molar-refractivity contribution in [3.8, 4) is 0 Å². The second-order valence-corrected chi connectivity index (χ2v) is 5.97. The average Bonchev–Trinajstić information content (AvgIpc) is 3.00. The van der Waals surface area contributed by atoms with Gasteiger partial charge in [0.25, 0.3) is 0 Å². The highest BCUT2D eigenvalue weighted by Gasteiger charge is 2.48. The third kappa shape index (κ3) is 2.07. The summed E-state index contributed by atoms with van der Waals surface area (Å²) in [6.45, 7) is 3.63. The molecule has 0 aliphatic carbocycles. The first-order chi connectivity index (χ1) is 10.5. The van der Waals surface area contributed by atoms with Gasteiger partial charge < -0.3 is 19.9 Å². The Kier molecular flexibility index (Phi) is 3.58. The molecule has 1 aromatic heterocycles. The molecule has 0 bridgehead atoms. The Morgan fingerprint density at radius 1 is 1.36 bits per heavy atom. The van der Waals surface area contributed by atoms with Gasteiger partial charge >= 0.3 is 0 Å². The van der Waals surface area contributed by atoms with Crippen molar-refractivity contribution in [3.05, 3.63) is 36.0 Å². The van der Waals surface area contributed by atoms with Crippen LogP contribution in [-0.4, -0.2) is 40.1 Å². The Morgan fingerprint density at radius 2 is 2.09 bits per heavy atom. The lowest BCUT2D eigenvalue weighted by Gasteiger charge is -2.23. The van der Waals surface area contributed by atoms with Gasteiger partial charge in [-0.05, 0) is 19.9 Å². The summed E-state index contributed by atoms with van der Waals surface area (Å²) in [5, 5.41) is 23.4. The molecule has 1 aromatic carbocycles. The molecule has 1 saturated heterocycles. The van der Waals surface area contributed by atoms with Gasteiger partial charge in [0.2, 0.25) is 0 Å². The van der Waals surface area contributed by atoms with Crippen LogP contribution in [0.15, 0.2) is 35.6 Å². The maximum atomic E-state index is 9.63. The van der Waals surface area contributed by atoms with Crippen molar-refractivity contribution in [2.24, 2.45) is 11.1 Å². The molecule has 2 N–H and O–H groups in total. The number of hydrogen-bond acceptors (Lipinski definition) is 5. The van der Waals surface area contributed by atoms with Crippen molar-refractivity contribution in [2.45, 2.75) is 25.6 Å². The fourth-order valence-corrected chi connectivity index (χ4v) is 3.18. The number of para-hydroxylation sites is 1. The van der Waals surface area contributed by atoms with Crippen LogP contribution >= 0.6 is 0 Å². The first kappa shape index (κ1) is 14.9. The Labute approximate surface area is 128 Å². The summed E-state index contributed by atoms with van der Waals surface area (Å²) in [5.41, 5.74) is 1.59. The van der Waals surface area contributed by atoms with E-state index in [0.29, 0.717) is 5.71 Å². The lowest BCUT2D eigenvalue weighted by Crippen LogP contribution is -2.32. The highest BCUT2D eigenvalue weighted by molar-refractivity contribution is 5.98. The van der Waals surface area contributed by atoms with E-state index in [1.54, 1.807) is 11.8 Å². The van der Waals surface area contributed by atoms with Crippen LogP contribution in [0.3, 0.4) is 0 Å². The molecule has 0 spiro atoms. The van der Waals surface area contributed by atoms with Gasteiger partial charge in [0, 0.05) is 10.9 Å². The van der Waals surface area contributed by atoms with Gasteiger partial charge in [-0.25, -0.2) is 0 Å². The molecule has 2 atom stereocenters. The van der Waals surface area contributed by atoms with E-state index in [4.69, 9.17) is 9.57 Å². The first-order valence-electron chi connectivity index (χ1n) is 7.18. The topological polar surface area (TPSA) is 76.2 Å². The summed E-state index contributed by atoms with van der Waals surface area (Å²) in [6.07, 6.45) is 1.31. The number of ether oxygens (including phenoxy) is 1. The molecule has 1 fully saturated rings. The van der Waals surface area contributed by atoms with Crippen molar-refractivity contribution in [2.75, 3.05) is 13.7 Å². The molecule has 2 aromatic rings. The van der Waals surface area contributed by atoms with Crippen LogP contribution in [0.5, 0.6) is 0 Å². The van der Waals surface area contributed by atoms with E-state index in [1.165, 1.54) is 0 Å². The number of aliphatic hydroxyl groups is 1. The minimum atomic E-state index is -0.614. The molecule has 0 saturated carbocycles. The van der Waals surface area contributed by atoms with E-state index < -0.39 is 11.7 Å². The van der Waals surface area contributed by atoms with Gasteiger partial charge in [-0.2, -0.15) is 4.73 Å². The number of oxime groups is 1. The fraction of sp³-hybridized carbons (Fsp3) is 0.438. The zero-order valence-corrected chi connectivity index (χ0v) is 12.9. The van der Waals surface area contributed by atoms with Crippen molar-refractivity contribution < 1.29 is 19.9 Å². The Balaban J connectivity index is 2.16. The number of nitrogens with zero attached hydrogens (tertiary/aromatic N) is 2. The number of fused-ring (bicyclic) bond motifs is 1. The number of benzene rings is 1. The quantitative estimate of drug-likeness (QED) is 0.671. The van der Waals surface area contributed by atoms with Gasteiger partial charge in [0.05, 0.1) is 35.6 Å². The van der Waals surface area contributed by atoms with Crippen molar-refractivity contribution in [1.29, 1.82) is 0 Å².